The topological polar surface area (TPSA) is 158 Å². The molecule has 12 heteroatoms. The number of rotatable bonds is 8. The van der Waals surface area contributed by atoms with Gasteiger partial charge in [-0.05, 0) is 18.2 Å². The van der Waals surface area contributed by atoms with E-state index in [0.29, 0.717) is 0 Å². The smallest absolute Gasteiger partial charge is 0.271 e. The van der Waals surface area contributed by atoms with E-state index in [0.717, 1.165) is 28.4 Å². The normalized spacial score (nSPS) is 9.32. The van der Waals surface area contributed by atoms with Crippen LogP contribution in [0.2, 0.25) is 0 Å². The molecule has 0 unspecified atom stereocenters. The van der Waals surface area contributed by atoms with Gasteiger partial charge in [0, 0.05) is 7.05 Å². The van der Waals surface area contributed by atoms with Crippen LogP contribution < -0.4 is 32.1 Å². The maximum atomic E-state index is 11.5. The van der Waals surface area contributed by atoms with Gasteiger partial charge in [-0.3, -0.25) is 24.8 Å². The molecule has 1 rings (SSSR count). The Kier molecular flexibility index (Phi) is 6.58. The number of nitrogens with one attached hydrogen (secondary N) is 3. The van der Waals surface area contributed by atoms with Gasteiger partial charge in [0.1, 0.15) is 0 Å². The highest BCUT2D eigenvalue weighted by atomic mass is 16.2. The van der Waals surface area contributed by atoms with Gasteiger partial charge in [-0.2, -0.15) is 20.1 Å². The average Bonchev–Trinajstić information content (AvgIpc) is 2.59. The Hall–Kier alpha value is -3.96. The minimum atomic E-state index is -0.654. The molecule has 0 saturated heterocycles. The van der Waals surface area contributed by atoms with E-state index >= 15 is 0 Å². The van der Waals surface area contributed by atoms with E-state index in [1.165, 1.54) is 7.05 Å². The molecule has 0 atom stereocenters. The van der Waals surface area contributed by atoms with E-state index in [1.807, 2.05) is 0 Å². The van der Waals surface area contributed by atoms with Crippen LogP contribution in [0.4, 0.5) is 17.8 Å². The highest BCUT2D eigenvalue weighted by molar-refractivity contribution is 5.91. The highest BCUT2D eigenvalue weighted by Crippen LogP contribution is 2.11. The summed E-state index contributed by atoms with van der Waals surface area (Å²) >= 11 is 0. The molecule has 0 fully saturated rings. The van der Waals surface area contributed by atoms with Gasteiger partial charge in [-0.15, -0.1) is 0 Å². The third kappa shape index (κ3) is 5.63. The predicted molar refractivity (Wildman–Crippen MR) is 90.1 cm³/mol. The van der Waals surface area contributed by atoms with E-state index in [9.17, 15) is 14.4 Å². The zero-order chi connectivity index (χ0) is 19.0. The third-order valence-corrected chi connectivity index (χ3v) is 2.41. The molecule has 0 aliphatic rings. The summed E-state index contributed by atoms with van der Waals surface area (Å²) in [5, 5.41) is 1.95. The summed E-state index contributed by atoms with van der Waals surface area (Å²) in [5.41, 5.74) is 12.5. The van der Waals surface area contributed by atoms with E-state index in [-0.39, 0.29) is 17.8 Å². The van der Waals surface area contributed by atoms with Crippen LogP contribution in [0.3, 0.4) is 0 Å². The fourth-order valence-corrected chi connectivity index (χ4v) is 1.32. The number of amides is 3. The van der Waals surface area contributed by atoms with Crippen LogP contribution in [-0.4, -0.2) is 39.7 Å². The molecule has 5 N–H and O–H groups in total. The first-order valence-electron chi connectivity index (χ1n) is 6.65. The average molecular weight is 347 g/mol. The molecule has 25 heavy (non-hydrogen) atoms. The number of nitrogens with two attached hydrogens (primary N) is 1. The molecule has 1 heterocycles. The van der Waals surface area contributed by atoms with E-state index in [2.05, 4.69) is 51.0 Å². The van der Waals surface area contributed by atoms with Gasteiger partial charge in [0.15, 0.2) is 0 Å². The first-order valence-corrected chi connectivity index (χ1v) is 6.65. The van der Waals surface area contributed by atoms with Crippen molar-refractivity contribution in [3.05, 3.63) is 38.0 Å². The lowest BCUT2D eigenvalue weighted by atomic mass is 10.6. The number of hydrazine groups is 3. The molecule has 0 spiro atoms. The zero-order valence-electron chi connectivity index (χ0n) is 13.4. The fourth-order valence-electron chi connectivity index (χ4n) is 1.32. The van der Waals surface area contributed by atoms with Crippen molar-refractivity contribution in [1.29, 1.82) is 0 Å². The Bertz CT molecular complexity index is 697. The Morgan fingerprint density at radius 2 is 1.32 bits per heavy atom. The largest absolute Gasteiger partial charge is 0.368 e. The van der Waals surface area contributed by atoms with Gasteiger partial charge in [0.05, 0.1) is 0 Å². The Labute approximate surface area is 143 Å². The fraction of sp³-hybridized carbons (Fsp3) is 0.0769. The van der Waals surface area contributed by atoms with E-state index in [1.54, 1.807) is 0 Å². The second kappa shape index (κ2) is 8.61. The highest BCUT2D eigenvalue weighted by Gasteiger charge is 2.18. The summed E-state index contributed by atoms with van der Waals surface area (Å²) < 4.78 is 0. The number of nitrogens with zero attached hydrogens (tertiary/aromatic N) is 5. The molecule has 0 aliphatic carbocycles. The quantitative estimate of drug-likeness (QED) is 0.319. The van der Waals surface area contributed by atoms with Crippen molar-refractivity contribution in [1.82, 2.24) is 31.2 Å². The standard InChI is InChI=1S/C13H17N9O3/c1-5-8(23)18-21(4)12-15-11(14)16-13(17-12)22(19-9(24)6-2)20-10(25)7-3/h5-7H,1-3H2,4H3,(H,18,23)(H,19,24)(H,20,25)(H2,14,15,16,17). The lowest BCUT2D eigenvalue weighted by Crippen LogP contribution is -2.53. The number of hydrogen-bond acceptors (Lipinski definition) is 9. The van der Waals surface area contributed by atoms with Crippen molar-refractivity contribution < 1.29 is 14.4 Å². The number of hydrogen-bond donors (Lipinski definition) is 4. The van der Waals surface area contributed by atoms with Gasteiger partial charge in [-0.1, -0.05) is 19.7 Å². The maximum absolute atomic E-state index is 11.5. The second-order valence-corrected chi connectivity index (χ2v) is 4.23. The zero-order valence-corrected chi connectivity index (χ0v) is 13.4. The van der Waals surface area contributed by atoms with Gasteiger partial charge in [-0.25, -0.2) is 10.9 Å². The molecule has 132 valence electrons. The van der Waals surface area contributed by atoms with Crippen molar-refractivity contribution in [2.24, 2.45) is 0 Å². The number of aromatic nitrogens is 3. The lowest BCUT2D eigenvalue weighted by molar-refractivity contribution is -0.119. The molecule has 0 aromatic carbocycles. The third-order valence-electron chi connectivity index (χ3n) is 2.41. The summed E-state index contributed by atoms with van der Waals surface area (Å²) in [6.07, 6.45) is 2.98. The number of carbonyl (C=O) groups is 3. The van der Waals surface area contributed by atoms with Gasteiger partial charge >= 0.3 is 0 Å². The molecule has 12 nitrogen and oxygen atoms in total. The Balaban J connectivity index is 3.20. The molecular weight excluding hydrogens is 330 g/mol. The van der Waals surface area contributed by atoms with Crippen molar-refractivity contribution >= 4 is 35.6 Å². The van der Waals surface area contributed by atoms with Gasteiger partial charge in [0.2, 0.25) is 5.95 Å². The number of carbonyl (C=O) groups excluding carboxylic acids is 3. The summed E-state index contributed by atoms with van der Waals surface area (Å²) in [6, 6.07) is 0. The minimum absolute atomic E-state index is 0.0663. The molecule has 1 aromatic heterocycles. The lowest BCUT2D eigenvalue weighted by Gasteiger charge is -2.23. The molecule has 0 bridgehead atoms. The van der Waals surface area contributed by atoms with E-state index in [4.69, 9.17) is 5.73 Å². The monoisotopic (exact) mass is 347 g/mol. The molecule has 0 aliphatic heterocycles. The van der Waals surface area contributed by atoms with Crippen molar-refractivity contribution in [3.8, 4) is 0 Å². The Morgan fingerprint density at radius 1 is 0.880 bits per heavy atom. The van der Waals surface area contributed by atoms with Crippen LogP contribution in [0, 0.1) is 0 Å². The van der Waals surface area contributed by atoms with Crippen molar-refractivity contribution in [3.63, 3.8) is 0 Å². The molecular formula is C13H17N9O3. The predicted octanol–water partition coefficient (Wildman–Crippen LogP) is -1.65. The van der Waals surface area contributed by atoms with Gasteiger partial charge < -0.3 is 5.73 Å². The summed E-state index contributed by atoms with van der Waals surface area (Å²) in [7, 11) is 1.44. The SMILES string of the molecule is C=CC(=O)NN(C)c1nc(N)nc(N(NC(=O)C=C)NC(=O)C=C)n1. The summed E-state index contributed by atoms with van der Waals surface area (Å²) in [5.74, 6) is -2.35. The first-order chi connectivity index (χ1) is 11.8. The van der Waals surface area contributed by atoms with Crippen LogP contribution in [0.1, 0.15) is 0 Å². The summed E-state index contributed by atoms with van der Waals surface area (Å²) in [6.45, 7) is 9.91. The second-order valence-electron chi connectivity index (χ2n) is 4.23. The Morgan fingerprint density at radius 3 is 1.80 bits per heavy atom. The van der Waals surface area contributed by atoms with Gasteiger partial charge in [0.25, 0.3) is 29.6 Å². The van der Waals surface area contributed by atoms with Crippen LogP contribution in [0.15, 0.2) is 38.0 Å². The molecule has 0 saturated carbocycles. The first kappa shape index (κ1) is 19.1. The molecule has 3 amide bonds. The minimum Gasteiger partial charge on any atom is -0.368 e. The van der Waals surface area contributed by atoms with E-state index < -0.39 is 17.7 Å². The van der Waals surface area contributed by atoms with Crippen LogP contribution >= 0.6 is 0 Å². The number of nitrogen functional groups attached to an aromatic ring is 1. The van der Waals surface area contributed by atoms with Crippen LogP contribution in [0.25, 0.3) is 0 Å². The maximum Gasteiger partial charge on any atom is 0.271 e. The van der Waals surface area contributed by atoms with Crippen LogP contribution in [0.5, 0.6) is 0 Å². The number of anilines is 3. The molecule has 0 radical (unpaired) electrons. The van der Waals surface area contributed by atoms with Crippen LogP contribution in [-0.2, 0) is 14.4 Å². The summed E-state index contributed by atoms with van der Waals surface area (Å²) in [4.78, 5) is 46.1. The van der Waals surface area contributed by atoms with Crippen molar-refractivity contribution in [2.75, 3.05) is 22.9 Å². The van der Waals surface area contributed by atoms with Crippen molar-refractivity contribution in [2.45, 2.75) is 0 Å². The molecule has 1 aromatic rings.